The van der Waals surface area contributed by atoms with Crippen molar-refractivity contribution in [1.82, 2.24) is 15.0 Å². The van der Waals surface area contributed by atoms with E-state index in [0.29, 0.717) is 17.6 Å². The molecule has 6 heteroatoms. The summed E-state index contributed by atoms with van der Waals surface area (Å²) in [6, 6.07) is 3.44. The summed E-state index contributed by atoms with van der Waals surface area (Å²) in [4.78, 5) is 18.2. The van der Waals surface area contributed by atoms with Crippen LogP contribution in [-0.4, -0.2) is 34.0 Å². The Bertz CT molecular complexity index is 576. The van der Waals surface area contributed by atoms with E-state index in [1.54, 1.807) is 19.1 Å². The minimum Gasteiger partial charge on any atom is -0.459 e. The summed E-state index contributed by atoms with van der Waals surface area (Å²) in [6.07, 6.45) is 4.31. The second-order valence-electron chi connectivity index (χ2n) is 5.15. The van der Waals surface area contributed by atoms with Gasteiger partial charge < -0.3 is 13.8 Å². The average molecular weight is 275 g/mol. The van der Waals surface area contributed by atoms with Gasteiger partial charge in [0.1, 0.15) is 0 Å². The van der Waals surface area contributed by atoms with E-state index in [0.717, 1.165) is 38.2 Å². The molecule has 0 N–H and O–H groups in total. The molecule has 1 amide bonds. The monoisotopic (exact) mass is 275 g/mol. The normalized spacial score (nSPS) is 18.6. The molecule has 1 unspecified atom stereocenters. The number of furan rings is 1. The van der Waals surface area contributed by atoms with Crippen LogP contribution in [0.2, 0.25) is 0 Å². The number of amides is 1. The van der Waals surface area contributed by atoms with Gasteiger partial charge in [-0.3, -0.25) is 4.79 Å². The van der Waals surface area contributed by atoms with Gasteiger partial charge in [0, 0.05) is 26.4 Å². The molecule has 20 heavy (non-hydrogen) atoms. The first-order valence-electron chi connectivity index (χ1n) is 6.84. The van der Waals surface area contributed by atoms with E-state index in [1.807, 2.05) is 4.90 Å². The van der Waals surface area contributed by atoms with Gasteiger partial charge in [0.15, 0.2) is 11.6 Å². The first-order valence-corrected chi connectivity index (χ1v) is 6.84. The van der Waals surface area contributed by atoms with Gasteiger partial charge in [-0.2, -0.15) is 4.98 Å². The maximum absolute atomic E-state index is 12.1. The fourth-order valence-corrected chi connectivity index (χ4v) is 2.58. The Balaban J connectivity index is 1.51. The topological polar surface area (TPSA) is 72.4 Å². The SMILES string of the molecule is Cc1nc(CCC2CCN(C(=O)c3ccco3)C2)no1. The van der Waals surface area contributed by atoms with Crippen LogP contribution in [-0.2, 0) is 6.42 Å². The number of carbonyl (C=O) groups is 1. The molecule has 1 saturated heterocycles. The van der Waals surface area contributed by atoms with Crippen LogP contribution in [0.1, 0.15) is 35.1 Å². The fraction of sp³-hybridized carbons (Fsp3) is 0.500. The Morgan fingerprint density at radius 2 is 2.45 bits per heavy atom. The molecule has 0 radical (unpaired) electrons. The molecule has 1 fully saturated rings. The Kier molecular flexibility index (Phi) is 3.54. The smallest absolute Gasteiger partial charge is 0.289 e. The standard InChI is InChI=1S/C14H17N3O3/c1-10-15-13(16-20-10)5-4-11-6-7-17(9-11)14(18)12-3-2-8-19-12/h2-3,8,11H,4-7,9H2,1H3. The first kappa shape index (κ1) is 12.9. The molecule has 1 atom stereocenters. The summed E-state index contributed by atoms with van der Waals surface area (Å²) in [5.41, 5.74) is 0. The summed E-state index contributed by atoms with van der Waals surface area (Å²) < 4.78 is 10.1. The number of carbonyl (C=O) groups excluding carboxylic acids is 1. The van der Waals surface area contributed by atoms with Gasteiger partial charge in [-0.15, -0.1) is 0 Å². The van der Waals surface area contributed by atoms with E-state index in [4.69, 9.17) is 8.94 Å². The van der Waals surface area contributed by atoms with Crippen LogP contribution in [0.4, 0.5) is 0 Å². The minimum atomic E-state index is -0.0205. The lowest BCUT2D eigenvalue weighted by atomic mass is 10.0. The lowest BCUT2D eigenvalue weighted by Crippen LogP contribution is -2.28. The highest BCUT2D eigenvalue weighted by atomic mass is 16.5. The third-order valence-electron chi connectivity index (χ3n) is 3.65. The second-order valence-corrected chi connectivity index (χ2v) is 5.15. The number of aromatic nitrogens is 2. The zero-order valence-corrected chi connectivity index (χ0v) is 11.4. The molecule has 0 aliphatic carbocycles. The zero-order chi connectivity index (χ0) is 13.9. The van der Waals surface area contributed by atoms with E-state index in [2.05, 4.69) is 10.1 Å². The van der Waals surface area contributed by atoms with Crippen molar-refractivity contribution in [3.8, 4) is 0 Å². The van der Waals surface area contributed by atoms with Crippen molar-refractivity contribution in [1.29, 1.82) is 0 Å². The van der Waals surface area contributed by atoms with Gasteiger partial charge in [0.2, 0.25) is 5.89 Å². The zero-order valence-electron chi connectivity index (χ0n) is 11.4. The van der Waals surface area contributed by atoms with Crippen LogP contribution in [0.3, 0.4) is 0 Å². The molecule has 106 valence electrons. The number of likely N-dealkylation sites (tertiary alicyclic amines) is 1. The van der Waals surface area contributed by atoms with Crippen molar-refractivity contribution in [2.75, 3.05) is 13.1 Å². The number of rotatable bonds is 4. The summed E-state index contributed by atoms with van der Waals surface area (Å²) in [7, 11) is 0. The van der Waals surface area contributed by atoms with Crippen molar-refractivity contribution in [3.05, 3.63) is 35.9 Å². The molecular formula is C14H17N3O3. The Morgan fingerprint density at radius 3 is 3.15 bits per heavy atom. The van der Waals surface area contributed by atoms with Crippen LogP contribution < -0.4 is 0 Å². The van der Waals surface area contributed by atoms with Gasteiger partial charge in [-0.1, -0.05) is 5.16 Å². The minimum absolute atomic E-state index is 0.0205. The third-order valence-corrected chi connectivity index (χ3v) is 3.65. The number of aryl methyl sites for hydroxylation is 2. The van der Waals surface area contributed by atoms with Crippen LogP contribution in [0.25, 0.3) is 0 Å². The van der Waals surface area contributed by atoms with E-state index < -0.39 is 0 Å². The summed E-state index contributed by atoms with van der Waals surface area (Å²) >= 11 is 0. The molecule has 0 spiro atoms. The second kappa shape index (κ2) is 5.48. The predicted molar refractivity (Wildman–Crippen MR) is 70.1 cm³/mol. The number of hydrogen-bond donors (Lipinski definition) is 0. The highest BCUT2D eigenvalue weighted by Gasteiger charge is 2.28. The fourth-order valence-electron chi connectivity index (χ4n) is 2.58. The van der Waals surface area contributed by atoms with Crippen molar-refractivity contribution in [2.45, 2.75) is 26.2 Å². The molecule has 2 aromatic heterocycles. The van der Waals surface area contributed by atoms with Gasteiger partial charge in [-0.05, 0) is 30.9 Å². The highest BCUT2D eigenvalue weighted by Crippen LogP contribution is 2.22. The van der Waals surface area contributed by atoms with Gasteiger partial charge in [0.05, 0.1) is 6.26 Å². The highest BCUT2D eigenvalue weighted by molar-refractivity contribution is 5.91. The van der Waals surface area contributed by atoms with Crippen LogP contribution in [0.5, 0.6) is 0 Å². The Hall–Kier alpha value is -2.11. The maximum atomic E-state index is 12.1. The molecule has 3 rings (SSSR count). The molecular weight excluding hydrogens is 258 g/mol. The third kappa shape index (κ3) is 2.74. The molecule has 6 nitrogen and oxygen atoms in total. The van der Waals surface area contributed by atoms with E-state index >= 15 is 0 Å². The number of nitrogens with zero attached hydrogens (tertiary/aromatic N) is 3. The molecule has 2 aromatic rings. The molecule has 0 bridgehead atoms. The van der Waals surface area contributed by atoms with Gasteiger partial charge in [-0.25, -0.2) is 0 Å². The Morgan fingerprint density at radius 1 is 1.55 bits per heavy atom. The van der Waals surface area contributed by atoms with E-state index in [-0.39, 0.29) is 5.91 Å². The quantitative estimate of drug-likeness (QED) is 0.854. The first-order chi connectivity index (χ1) is 9.72. The van der Waals surface area contributed by atoms with Crippen LogP contribution in [0, 0.1) is 12.8 Å². The van der Waals surface area contributed by atoms with E-state index in [9.17, 15) is 4.79 Å². The lowest BCUT2D eigenvalue weighted by Gasteiger charge is -2.14. The van der Waals surface area contributed by atoms with Crippen molar-refractivity contribution < 1.29 is 13.7 Å². The summed E-state index contributed by atoms with van der Waals surface area (Å²) in [5.74, 6) is 2.24. The summed E-state index contributed by atoms with van der Waals surface area (Å²) in [5, 5.41) is 3.89. The predicted octanol–water partition coefficient (Wildman–Crippen LogP) is 2.07. The Labute approximate surface area is 116 Å². The van der Waals surface area contributed by atoms with Gasteiger partial charge in [0.25, 0.3) is 5.91 Å². The molecule has 1 aliphatic rings. The van der Waals surface area contributed by atoms with Gasteiger partial charge >= 0.3 is 0 Å². The van der Waals surface area contributed by atoms with Crippen molar-refractivity contribution in [2.24, 2.45) is 5.92 Å². The van der Waals surface area contributed by atoms with Crippen LogP contribution in [0.15, 0.2) is 27.3 Å². The molecule has 3 heterocycles. The maximum Gasteiger partial charge on any atom is 0.289 e. The summed E-state index contributed by atoms with van der Waals surface area (Å²) in [6.45, 7) is 3.35. The van der Waals surface area contributed by atoms with Crippen molar-refractivity contribution in [3.63, 3.8) is 0 Å². The van der Waals surface area contributed by atoms with Crippen LogP contribution >= 0.6 is 0 Å². The largest absolute Gasteiger partial charge is 0.459 e. The lowest BCUT2D eigenvalue weighted by molar-refractivity contribution is 0.0755. The average Bonchev–Trinajstić information content (AvgIpc) is 3.17. The van der Waals surface area contributed by atoms with E-state index in [1.165, 1.54) is 6.26 Å². The molecule has 1 aliphatic heterocycles. The van der Waals surface area contributed by atoms with Crippen molar-refractivity contribution >= 4 is 5.91 Å². The number of hydrogen-bond acceptors (Lipinski definition) is 5. The molecule has 0 saturated carbocycles. The molecule has 0 aromatic carbocycles.